The van der Waals surface area contributed by atoms with Crippen molar-refractivity contribution < 1.29 is 19.1 Å². The number of carbonyl (C=O) groups is 2. The Morgan fingerprint density at radius 1 is 1.14 bits per heavy atom. The van der Waals surface area contributed by atoms with Gasteiger partial charge in [-0.05, 0) is 63.3 Å². The minimum absolute atomic E-state index is 0.310. The second-order valence-corrected chi connectivity index (χ2v) is 6.49. The molecule has 1 aliphatic rings. The number of fused-ring (bicyclic) bond motifs is 1. The van der Waals surface area contributed by atoms with Gasteiger partial charge in [-0.2, -0.15) is 0 Å². The van der Waals surface area contributed by atoms with Crippen molar-refractivity contribution in [3.05, 3.63) is 46.5 Å². The molecule has 0 saturated heterocycles. The van der Waals surface area contributed by atoms with Gasteiger partial charge in [-0.15, -0.1) is 0 Å². The van der Waals surface area contributed by atoms with Crippen LogP contribution >= 0.6 is 0 Å². The van der Waals surface area contributed by atoms with E-state index in [0.29, 0.717) is 12.0 Å². The number of methoxy groups -OCH3 is 1. The number of benzene rings is 1. The van der Waals surface area contributed by atoms with Gasteiger partial charge in [0.1, 0.15) is 5.60 Å². The zero-order valence-electron chi connectivity index (χ0n) is 13.6. The summed E-state index contributed by atoms with van der Waals surface area (Å²) in [4.78, 5) is 23.5. The Morgan fingerprint density at radius 2 is 1.86 bits per heavy atom. The van der Waals surface area contributed by atoms with Gasteiger partial charge in [0.05, 0.1) is 12.7 Å². The van der Waals surface area contributed by atoms with Crippen LogP contribution < -0.4 is 0 Å². The summed E-state index contributed by atoms with van der Waals surface area (Å²) in [6.45, 7) is 5.55. The molecule has 1 aromatic carbocycles. The van der Waals surface area contributed by atoms with Gasteiger partial charge in [0.2, 0.25) is 0 Å². The Balaban J connectivity index is 2.16. The van der Waals surface area contributed by atoms with E-state index < -0.39 is 5.60 Å². The highest BCUT2D eigenvalue weighted by Gasteiger charge is 2.19. The lowest BCUT2D eigenvalue weighted by molar-refractivity contribution is -0.148. The van der Waals surface area contributed by atoms with Gasteiger partial charge in [-0.3, -0.25) is 0 Å². The van der Waals surface area contributed by atoms with Crippen molar-refractivity contribution in [1.82, 2.24) is 0 Å². The molecule has 0 amide bonds. The van der Waals surface area contributed by atoms with Crippen molar-refractivity contribution in [3.8, 4) is 0 Å². The summed E-state index contributed by atoms with van der Waals surface area (Å²) in [5, 5.41) is 0. The van der Waals surface area contributed by atoms with E-state index >= 15 is 0 Å². The lowest BCUT2D eigenvalue weighted by Crippen LogP contribution is -2.23. The van der Waals surface area contributed by atoms with Crippen molar-refractivity contribution in [2.75, 3.05) is 7.11 Å². The highest BCUT2D eigenvalue weighted by molar-refractivity contribution is 5.89. The summed E-state index contributed by atoms with van der Waals surface area (Å²) in [6.07, 6.45) is 3.95. The fourth-order valence-electron chi connectivity index (χ4n) is 2.53. The number of hydrogen-bond donors (Lipinski definition) is 0. The van der Waals surface area contributed by atoms with Gasteiger partial charge < -0.3 is 9.47 Å². The number of allylic oxidation sites excluding steroid dienone is 1. The Bertz CT molecular complexity index is 620. The van der Waals surface area contributed by atoms with E-state index in [2.05, 4.69) is 0 Å². The molecule has 0 radical (unpaired) electrons. The molecule has 0 atom stereocenters. The average molecular weight is 302 g/mol. The van der Waals surface area contributed by atoms with Crippen molar-refractivity contribution in [1.29, 1.82) is 0 Å². The maximum absolute atomic E-state index is 11.9. The Morgan fingerprint density at radius 3 is 2.50 bits per heavy atom. The molecule has 22 heavy (non-hydrogen) atoms. The summed E-state index contributed by atoms with van der Waals surface area (Å²) in [5.41, 5.74) is 3.38. The summed E-state index contributed by atoms with van der Waals surface area (Å²) in [6, 6.07) is 5.60. The zero-order valence-corrected chi connectivity index (χ0v) is 13.6. The molecule has 0 N–H and O–H groups in total. The first-order valence-corrected chi connectivity index (χ1v) is 7.41. The third kappa shape index (κ3) is 4.20. The standard InChI is InChI=1S/C18H22O4/c1-18(2,3)22-16(19)10-12-5-6-13-7-8-14(17(20)21-4)11-15(13)9-12/h7-8,10-11H,5-6,9H2,1-4H3. The predicted molar refractivity (Wildman–Crippen MR) is 83.7 cm³/mol. The topological polar surface area (TPSA) is 52.6 Å². The van der Waals surface area contributed by atoms with E-state index in [-0.39, 0.29) is 11.9 Å². The van der Waals surface area contributed by atoms with E-state index in [1.165, 1.54) is 12.7 Å². The normalized spacial score (nSPS) is 16.1. The number of rotatable bonds is 2. The van der Waals surface area contributed by atoms with Crippen LogP contribution in [0.1, 0.15) is 48.7 Å². The quantitative estimate of drug-likeness (QED) is 0.621. The largest absolute Gasteiger partial charge is 0.465 e. The van der Waals surface area contributed by atoms with Crippen LogP contribution in [-0.4, -0.2) is 24.6 Å². The molecule has 1 aliphatic carbocycles. The van der Waals surface area contributed by atoms with Crippen LogP contribution in [-0.2, 0) is 27.1 Å². The smallest absolute Gasteiger partial charge is 0.337 e. The molecule has 0 aliphatic heterocycles. The third-order valence-electron chi connectivity index (χ3n) is 3.49. The van der Waals surface area contributed by atoms with Crippen LogP contribution in [0.3, 0.4) is 0 Å². The van der Waals surface area contributed by atoms with Crippen molar-refractivity contribution >= 4 is 11.9 Å². The predicted octanol–water partition coefficient (Wildman–Crippen LogP) is 3.23. The monoisotopic (exact) mass is 302 g/mol. The van der Waals surface area contributed by atoms with Gasteiger partial charge in [-0.1, -0.05) is 11.6 Å². The summed E-state index contributed by atoms with van der Waals surface area (Å²) in [5.74, 6) is -0.652. The number of esters is 2. The molecule has 0 bridgehead atoms. The van der Waals surface area contributed by atoms with Gasteiger partial charge in [-0.25, -0.2) is 9.59 Å². The zero-order chi connectivity index (χ0) is 16.3. The van der Waals surface area contributed by atoms with Gasteiger partial charge in [0.15, 0.2) is 0 Å². The summed E-state index contributed by atoms with van der Waals surface area (Å²) >= 11 is 0. The molecule has 118 valence electrons. The Labute approximate surface area is 131 Å². The van der Waals surface area contributed by atoms with Crippen molar-refractivity contribution in [2.24, 2.45) is 0 Å². The number of hydrogen-bond acceptors (Lipinski definition) is 4. The summed E-state index contributed by atoms with van der Waals surface area (Å²) < 4.78 is 10.1. The second-order valence-electron chi connectivity index (χ2n) is 6.49. The first kappa shape index (κ1) is 16.3. The lowest BCUT2D eigenvalue weighted by atomic mass is 9.87. The fourth-order valence-corrected chi connectivity index (χ4v) is 2.53. The molecule has 0 saturated carbocycles. The molecule has 0 heterocycles. The van der Waals surface area contributed by atoms with Crippen molar-refractivity contribution in [3.63, 3.8) is 0 Å². The SMILES string of the molecule is COC(=O)c1ccc2c(c1)CC(=CC(=O)OC(C)(C)C)CC2. The fraction of sp³-hybridized carbons (Fsp3) is 0.444. The molecule has 0 unspecified atom stereocenters. The third-order valence-corrected chi connectivity index (χ3v) is 3.49. The maximum atomic E-state index is 11.9. The van der Waals surface area contributed by atoms with Crippen molar-refractivity contribution in [2.45, 2.75) is 45.6 Å². The molecular formula is C18H22O4. The molecule has 0 spiro atoms. The highest BCUT2D eigenvalue weighted by Crippen LogP contribution is 2.26. The van der Waals surface area contributed by atoms with Crippen LogP contribution in [0.15, 0.2) is 29.8 Å². The van der Waals surface area contributed by atoms with E-state index in [0.717, 1.165) is 24.0 Å². The first-order valence-electron chi connectivity index (χ1n) is 7.41. The molecular weight excluding hydrogens is 280 g/mol. The van der Waals surface area contributed by atoms with Crippen LogP contribution in [0.4, 0.5) is 0 Å². The molecule has 0 aromatic heterocycles. The van der Waals surface area contributed by atoms with Gasteiger partial charge in [0, 0.05) is 6.08 Å². The molecule has 1 aromatic rings. The van der Waals surface area contributed by atoms with E-state index in [1.54, 1.807) is 12.1 Å². The Hall–Kier alpha value is -2.10. The molecule has 4 heteroatoms. The van der Waals surface area contributed by atoms with Crippen LogP contribution in [0, 0.1) is 0 Å². The van der Waals surface area contributed by atoms with E-state index in [9.17, 15) is 9.59 Å². The highest BCUT2D eigenvalue weighted by atomic mass is 16.6. The number of carbonyl (C=O) groups excluding carboxylic acids is 2. The molecule has 0 fully saturated rings. The number of aryl methyl sites for hydroxylation is 1. The van der Waals surface area contributed by atoms with Crippen LogP contribution in [0.5, 0.6) is 0 Å². The van der Waals surface area contributed by atoms with Crippen LogP contribution in [0.25, 0.3) is 0 Å². The van der Waals surface area contributed by atoms with E-state index in [1.807, 2.05) is 32.9 Å². The van der Waals surface area contributed by atoms with Gasteiger partial charge in [0.25, 0.3) is 0 Å². The minimum Gasteiger partial charge on any atom is -0.465 e. The minimum atomic E-state index is -0.487. The van der Waals surface area contributed by atoms with E-state index in [4.69, 9.17) is 9.47 Å². The molecule has 4 nitrogen and oxygen atoms in total. The van der Waals surface area contributed by atoms with Crippen LogP contribution in [0.2, 0.25) is 0 Å². The maximum Gasteiger partial charge on any atom is 0.337 e. The van der Waals surface area contributed by atoms with Gasteiger partial charge >= 0.3 is 11.9 Å². The number of ether oxygens (including phenoxy) is 2. The molecule has 2 rings (SSSR count). The average Bonchev–Trinajstić information content (AvgIpc) is 2.43. The summed E-state index contributed by atoms with van der Waals surface area (Å²) in [7, 11) is 1.37. The second kappa shape index (κ2) is 6.34. The lowest BCUT2D eigenvalue weighted by Gasteiger charge is -2.21. The first-order chi connectivity index (χ1) is 10.3. The Kier molecular flexibility index (Phi) is 4.69.